The van der Waals surface area contributed by atoms with Gasteiger partial charge in [-0.25, -0.2) is 0 Å². The molecule has 4 heteroatoms. The fourth-order valence-electron chi connectivity index (χ4n) is 3.23. The van der Waals surface area contributed by atoms with Crippen molar-refractivity contribution < 1.29 is 9.53 Å². The summed E-state index contributed by atoms with van der Waals surface area (Å²) in [4.78, 5) is 14.4. The van der Waals surface area contributed by atoms with Gasteiger partial charge in [0, 0.05) is 19.5 Å². The summed E-state index contributed by atoms with van der Waals surface area (Å²) in [5.41, 5.74) is -0.489. The van der Waals surface area contributed by atoms with E-state index in [0.29, 0.717) is 25.4 Å². The second kappa shape index (κ2) is 4.82. The summed E-state index contributed by atoms with van der Waals surface area (Å²) < 4.78 is 6.01. The molecule has 1 amide bonds. The van der Waals surface area contributed by atoms with Crippen LogP contribution in [-0.4, -0.2) is 48.2 Å². The van der Waals surface area contributed by atoms with Gasteiger partial charge in [0.1, 0.15) is 0 Å². The van der Waals surface area contributed by atoms with Gasteiger partial charge >= 0.3 is 0 Å². The Morgan fingerprint density at radius 1 is 1.28 bits per heavy atom. The number of nitrogens with one attached hydrogen (secondary N) is 1. The zero-order valence-electron chi connectivity index (χ0n) is 12.1. The van der Waals surface area contributed by atoms with Crippen LogP contribution in [0.3, 0.4) is 0 Å². The first-order valence-corrected chi connectivity index (χ1v) is 6.96. The highest BCUT2D eigenvalue weighted by Crippen LogP contribution is 2.29. The Bertz CT molecular complexity index is 304. The SMILES string of the molecule is CC1(C)CN(C(=O)CC2CCNC2)CC(C)(C)O1. The number of hydrogen-bond acceptors (Lipinski definition) is 3. The van der Waals surface area contributed by atoms with Gasteiger partial charge in [0.25, 0.3) is 0 Å². The standard InChI is InChI=1S/C14H26N2O2/c1-13(2)9-16(10-14(3,4)18-13)12(17)7-11-5-6-15-8-11/h11,15H,5-10H2,1-4H3. The fourth-order valence-corrected chi connectivity index (χ4v) is 3.23. The third kappa shape index (κ3) is 3.45. The molecule has 1 N–H and O–H groups in total. The van der Waals surface area contributed by atoms with E-state index in [2.05, 4.69) is 33.0 Å². The molecule has 0 aromatic carbocycles. The maximum Gasteiger partial charge on any atom is 0.223 e. The molecule has 2 saturated heterocycles. The van der Waals surface area contributed by atoms with E-state index in [4.69, 9.17) is 4.74 Å². The molecule has 0 aliphatic carbocycles. The smallest absolute Gasteiger partial charge is 0.223 e. The van der Waals surface area contributed by atoms with Crippen molar-refractivity contribution in [1.29, 1.82) is 0 Å². The molecule has 2 fully saturated rings. The largest absolute Gasteiger partial charge is 0.366 e. The van der Waals surface area contributed by atoms with Crippen LogP contribution in [0.5, 0.6) is 0 Å². The molecule has 0 aromatic rings. The van der Waals surface area contributed by atoms with E-state index in [1.807, 2.05) is 4.90 Å². The van der Waals surface area contributed by atoms with Crippen molar-refractivity contribution in [3.63, 3.8) is 0 Å². The van der Waals surface area contributed by atoms with Gasteiger partial charge in [-0.1, -0.05) is 0 Å². The number of rotatable bonds is 2. The van der Waals surface area contributed by atoms with Gasteiger partial charge in [0.05, 0.1) is 11.2 Å². The van der Waals surface area contributed by atoms with Gasteiger partial charge in [0.2, 0.25) is 5.91 Å². The van der Waals surface area contributed by atoms with Gasteiger partial charge in [-0.3, -0.25) is 4.79 Å². The van der Waals surface area contributed by atoms with Gasteiger partial charge < -0.3 is 15.0 Å². The predicted octanol–water partition coefficient (Wildman–Crippen LogP) is 1.40. The highest BCUT2D eigenvalue weighted by atomic mass is 16.5. The zero-order chi connectivity index (χ0) is 13.4. The molecule has 0 aromatic heterocycles. The number of carbonyl (C=O) groups excluding carboxylic acids is 1. The first-order chi connectivity index (χ1) is 8.27. The Morgan fingerprint density at radius 2 is 1.89 bits per heavy atom. The van der Waals surface area contributed by atoms with Crippen molar-refractivity contribution in [3.8, 4) is 0 Å². The molecule has 1 unspecified atom stereocenters. The van der Waals surface area contributed by atoms with E-state index in [1.165, 1.54) is 0 Å². The Balaban J connectivity index is 1.96. The topological polar surface area (TPSA) is 41.6 Å². The molecular weight excluding hydrogens is 228 g/mol. The van der Waals surface area contributed by atoms with Crippen LogP contribution < -0.4 is 5.32 Å². The molecule has 2 heterocycles. The van der Waals surface area contributed by atoms with Crippen molar-refractivity contribution in [1.82, 2.24) is 10.2 Å². The zero-order valence-corrected chi connectivity index (χ0v) is 12.1. The molecule has 0 bridgehead atoms. The number of morpholine rings is 1. The van der Waals surface area contributed by atoms with Crippen molar-refractivity contribution in [2.45, 2.75) is 51.7 Å². The molecule has 104 valence electrons. The predicted molar refractivity (Wildman–Crippen MR) is 71.4 cm³/mol. The summed E-state index contributed by atoms with van der Waals surface area (Å²) >= 11 is 0. The van der Waals surface area contributed by atoms with E-state index in [9.17, 15) is 4.79 Å². The number of amides is 1. The van der Waals surface area contributed by atoms with Gasteiger partial charge in [-0.05, 0) is 53.1 Å². The lowest BCUT2D eigenvalue weighted by molar-refractivity contribution is -0.188. The first kappa shape index (κ1) is 13.8. The van der Waals surface area contributed by atoms with Crippen LogP contribution in [0.2, 0.25) is 0 Å². The van der Waals surface area contributed by atoms with E-state index >= 15 is 0 Å². The Hall–Kier alpha value is -0.610. The summed E-state index contributed by atoms with van der Waals surface area (Å²) in [6.07, 6.45) is 1.81. The minimum Gasteiger partial charge on any atom is -0.366 e. The third-order valence-electron chi connectivity index (χ3n) is 3.67. The molecule has 2 aliphatic heterocycles. The van der Waals surface area contributed by atoms with E-state index < -0.39 is 0 Å². The van der Waals surface area contributed by atoms with Crippen molar-refractivity contribution >= 4 is 5.91 Å². The van der Waals surface area contributed by atoms with Crippen LogP contribution in [0, 0.1) is 5.92 Å². The molecule has 0 saturated carbocycles. The maximum absolute atomic E-state index is 12.4. The van der Waals surface area contributed by atoms with Crippen molar-refractivity contribution in [2.75, 3.05) is 26.2 Å². The van der Waals surface area contributed by atoms with Crippen LogP contribution in [0.15, 0.2) is 0 Å². The summed E-state index contributed by atoms with van der Waals surface area (Å²) in [5, 5.41) is 3.32. The molecule has 18 heavy (non-hydrogen) atoms. The van der Waals surface area contributed by atoms with Gasteiger partial charge in [-0.2, -0.15) is 0 Å². The molecule has 2 rings (SSSR count). The maximum atomic E-state index is 12.4. The quantitative estimate of drug-likeness (QED) is 0.810. The van der Waals surface area contributed by atoms with E-state index in [1.54, 1.807) is 0 Å². The van der Waals surface area contributed by atoms with Gasteiger partial charge in [0.15, 0.2) is 0 Å². The van der Waals surface area contributed by atoms with Gasteiger partial charge in [-0.15, -0.1) is 0 Å². The lowest BCUT2D eigenvalue weighted by atomic mass is 9.97. The minimum atomic E-state index is -0.245. The second-order valence-electron chi connectivity index (χ2n) is 6.93. The summed E-state index contributed by atoms with van der Waals surface area (Å²) in [7, 11) is 0. The average Bonchev–Trinajstić information content (AvgIpc) is 2.65. The monoisotopic (exact) mass is 254 g/mol. The summed E-state index contributed by atoms with van der Waals surface area (Å²) in [5.74, 6) is 0.805. The molecule has 1 atom stereocenters. The van der Waals surface area contributed by atoms with E-state index in [-0.39, 0.29) is 17.1 Å². The second-order valence-corrected chi connectivity index (χ2v) is 6.93. The Morgan fingerprint density at radius 3 is 2.39 bits per heavy atom. The van der Waals surface area contributed by atoms with E-state index in [0.717, 1.165) is 19.5 Å². The third-order valence-corrected chi connectivity index (χ3v) is 3.67. The van der Waals surface area contributed by atoms with Crippen LogP contribution in [0.1, 0.15) is 40.5 Å². The fraction of sp³-hybridized carbons (Fsp3) is 0.929. The van der Waals surface area contributed by atoms with Crippen molar-refractivity contribution in [2.24, 2.45) is 5.92 Å². The van der Waals surface area contributed by atoms with Crippen molar-refractivity contribution in [3.05, 3.63) is 0 Å². The number of carbonyl (C=O) groups is 1. The minimum absolute atomic E-state index is 0.245. The lowest BCUT2D eigenvalue weighted by Crippen LogP contribution is -2.58. The average molecular weight is 254 g/mol. The molecule has 0 radical (unpaired) electrons. The molecule has 0 spiro atoms. The Kier molecular flexibility index (Phi) is 3.70. The molecular formula is C14H26N2O2. The molecule has 4 nitrogen and oxygen atoms in total. The van der Waals surface area contributed by atoms with Crippen LogP contribution in [0.25, 0.3) is 0 Å². The summed E-state index contributed by atoms with van der Waals surface area (Å²) in [6, 6.07) is 0. The number of nitrogens with zero attached hydrogens (tertiary/aromatic N) is 1. The summed E-state index contributed by atoms with van der Waals surface area (Å²) in [6.45, 7) is 11.7. The van der Waals surface area contributed by atoms with Crippen LogP contribution >= 0.6 is 0 Å². The van der Waals surface area contributed by atoms with Crippen LogP contribution in [-0.2, 0) is 9.53 Å². The number of hydrogen-bond donors (Lipinski definition) is 1. The highest BCUT2D eigenvalue weighted by molar-refractivity contribution is 5.76. The Labute approximate surface area is 110 Å². The number of ether oxygens (including phenoxy) is 1. The van der Waals surface area contributed by atoms with Crippen LogP contribution in [0.4, 0.5) is 0 Å². The first-order valence-electron chi connectivity index (χ1n) is 6.96. The normalized spacial score (nSPS) is 30.4. The lowest BCUT2D eigenvalue weighted by Gasteiger charge is -2.47. The highest BCUT2D eigenvalue weighted by Gasteiger charge is 2.40. The molecule has 2 aliphatic rings.